The topological polar surface area (TPSA) is 60.3 Å². The third-order valence-electron chi connectivity index (χ3n) is 5.71. The molecule has 1 fully saturated rings. The van der Waals surface area contributed by atoms with Crippen LogP contribution in [0.4, 0.5) is 4.39 Å². The maximum absolute atomic E-state index is 14.0. The molecule has 1 aliphatic heterocycles. The summed E-state index contributed by atoms with van der Waals surface area (Å²) >= 11 is 1.36. The number of hydrogen-bond acceptors (Lipinski definition) is 5. The summed E-state index contributed by atoms with van der Waals surface area (Å²) in [4.78, 5) is 15.0. The van der Waals surface area contributed by atoms with Crippen LogP contribution in [0.2, 0.25) is 0 Å². The molecule has 1 aromatic heterocycles. The maximum atomic E-state index is 14.0. The zero-order valence-electron chi connectivity index (χ0n) is 18.3. The van der Waals surface area contributed by atoms with Gasteiger partial charge >= 0.3 is 0 Å². The van der Waals surface area contributed by atoms with Crippen molar-refractivity contribution in [3.8, 4) is 11.4 Å². The zero-order valence-corrected chi connectivity index (χ0v) is 19.1. The largest absolute Gasteiger partial charge is 0.483 e. The lowest BCUT2D eigenvalue weighted by Crippen LogP contribution is -2.48. The molecule has 0 aliphatic carbocycles. The van der Waals surface area contributed by atoms with Crippen molar-refractivity contribution < 1.29 is 13.9 Å². The molecular formula is C24H27FN4O2S. The molecule has 32 heavy (non-hydrogen) atoms. The van der Waals surface area contributed by atoms with Gasteiger partial charge < -0.3 is 9.64 Å². The molecule has 1 amide bonds. The Morgan fingerprint density at radius 3 is 2.47 bits per heavy atom. The van der Waals surface area contributed by atoms with Crippen molar-refractivity contribution in [1.82, 2.24) is 19.7 Å². The molecule has 2 atom stereocenters. The van der Waals surface area contributed by atoms with Crippen molar-refractivity contribution in [2.24, 2.45) is 0 Å². The number of carbonyl (C=O) groups excluding carboxylic acids is 1. The van der Waals surface area contributed by atoms with Crippen LogP contribution >= 0.6 is 11.8 Å². The van der Waals surface area contributed by atoms with E-state index in [4.69, 9.17) is 4.74 Å². The SMILES string of the molecule is C[C@@H]1CCC[C@H](C)N1C(=O)CSc1nnc(COc2ccccc2F)n1-c1ccccc1. The lowest BCUT2D eigenvalue weighted by atomic mass is 9.98. The van der Waals surface area contributed by atoms with Crippen LogP contribution in [0.15, 0.2) is 59.8 Å². The van der Waals surface area contributed by atoms with Crippen LogP contribution in [0.5, 0.6) is 5.75 Å². The molecule has 4 rings (SSSR count). The van der Waals surface area contributed by atoms with Gasteiger partial charge in [0.2, 0.25) is 5.91 Å². The highest BCUT2D eigenvalue weighted by atomic mass is 32.2. The van der Waals surface area contributed by atoms with Gasteiger partial charge in [-0.25, -0.2) is 4.39 Å². The van der Waals surface area contributed by atoms with E-state index in [1.165, 1.54) is 17.8 Å². The lowest BCUT2D eigenvalue weighted by molar-refractivity contribution is -0.134. The number of amides is 1. The summed E-state index contributed by atoms with van der Waals surface area (Å²) in [6.45, 7) is 4.28. The first-order chi connectivity index (χ1) is 15.5. The van der Waals surface area contributed by atoms with Crippen LogP contribution in [-0.2, 0) is 11.4 Å². The number of rotatable bonds is 7. The summed E-state index contributed by atoms with van der Waals surface area (Å²) in [5, 5.41) is 9.20. The summed E-state index contributed by atoms with van der Waals surface area (Å²) in [7, 11) is 0. The van der Waals surface area contributed by atoms with Gasteiger partial charge in [0.15, 0.2) is 22.5 Å². The Bertz CT molecular complexity index is 1050. The van der Waals surface area contributed by atoms with Crippen LogP contribution in [0.25, 0.3) is 5.69 Å². The Hall–Kier alpha value is -2.87. The molecule has 0 N–H and O–H groups in total. The molecule has 0 spiro atoms. The number of ether oxygens (including phenoxy) is 1. The van der Waals surface area contributed by atoms with Crippen LogP contribution in [0.3, 0.4) is 0 Å². The van der Waals surface area contributed by atoms with Gasteiger partial charge in [-0.2, -0.15) is 0 Å². The number of likely N-dealkylation sites (tertiary alicyclic amines) is 1. The number of para-hydroxylation sites is 2. The van der Waals surface area contributed by atoms with E-state index in [0.29, 0.717) is 11.0 Å². The zero-order chi connectivity index (χ0) is 22.5. The first kappa shape index (κ1) is 22.3. The molecule has 2 aromatic carbocycles. The van der Waals surface area contributed by atoms with E-state index in [1.54, 1.807) is 18.2 Å². The Morgan fingerprint density at radius 1 is 1.06 bits per heavy atom. The van der Waals surface area contributed by atoms with Gasteiger partial charge in [-0.3, -0.25) is 9.36 Å². The minimum Gasteiger partial charge on any atom is -0.483 e. The number of carbonyl (C=O) groups is 1. The lowest BCUT2D eigenvalue weighted by Gasteiger charge is -2.39. The molecule has 0 saturated carbocycles. The summed E-state index contributed by atoms with van der Waals surface area (Å²) in [5.41, 5.74) is 0.860. The number of nitrogens with zero attached hydrogens (tertiary/aromatic N) is 4. The maximum Gasteiger partial charge on any atom is 0.233 e. The third-order valence-corrected chi connectivity index (χ3v) is 6.63. The fraction of sp³-hybridized carbons (Fsp3) is 0.375. The van der Waals surface area contributed by atoms with Gasteiger partial charge in [0.1, 0.15) is 6.61 Å². The number of halogens is 1. The van der Waals surface area contributed by atoms with Crippen molar-refractivity contribution >= 4 is 17.7 Å². The molecule has 3 aromatic rings. The highest BCUT2D eigenvalue weighted by Crippen LogP contribution is 2.27. The van der Waals surface area contributed by atoms with Gasteiger partial charge in [0.25, 0.3) is 0 Å². The molecule has 1 saturated heterocycles. The Balaban J connectivity index is 1.53. The summed E-state index contributed by atoms with van der Waals surface area (Å²) in [6.07, 6.45) is 3.24. The Morgan fingerprint density at radius 2 is 1.75 bits per heavy atom. The fourth-order valence-corrected chi connectivity index (χ4v) is 4.98. The summed E-state index contributed by atoms with van der Waals surface area (Å²) in [5.74, 6) is 0.666. The molecule has 0 unspecified atom stereocenters. The van der Waals surface area contributed by atoms with E-state index in [-0.39, 0.29) is 36.1 Å². The predicted octanol–water partition coefficient (Wildman–Crippen LogP) is 4.87. The standard InChI is InChI=1S/C24H27FN4O2S/c1-17-9-8-10-18(2)28(17)23(30)16-32-24-27-26-22(29(24)19-11-4-3-5-12-19)15-31-21-14-7-6-13-20(21)25/h3-7,11-14,17-18H,8-10,15-16H2,1-2H3/t17-,18+. The number of thioether (sulfide) groups is 1. The second-order valence-corrected chi connectivity index (χ2v) is 8.95. The third kappa shape index (κ3) is 4.96. The van der Waals surface area contributed by atoms with Gasteiger partial charge in [-0.1, -0.05) is 42.1 Å². The molecule has 2 heterocycles. The summed E-state index contributed by atoms with van der Waals surface area (Å²) in [6, 6.07) is 16.4. The first-order valence-electron chi connectivity index (χ1n) is 10.9. The minimum atomic E-state index is -0.428. The molecule has 0 bridgehead atoms. The molecule has 6 nitrogen and oxygen atoms in total. The van der Waals surface area contributed by atoms with Crippen LogP contribution in [0.1, 0.15) is 38.9 Å². The normalized spacial score (nSPS) is 18.5. The van der Waals surface area contributed by atoms with Gasteiger partial charge in [-0.15, -0.1) is 10.2 Å². The summed E-state index contributed by atoms with van der Waals surface area (Å²) < 4.78 is 21.5. The quantitative estimate of drug-likeness (QED) is 0.477. The van der Waals surface area contributed by atoms with Crippen molar-refractivity contribution in [2.75, 3.05) is 5.75 Å². The van der Waals surface area contributed by atoms with Gasteiger partial charge in [-0.05, 0) is 57.4 Å². The molecular weight excluding hydrogens is 427 g/mol. The van der Waals surface area contributed by atoms with E-state index in [2.05, 4.69) is 24.0 Å². The highest BCUT2D eigenvalue weighted by molar-refractivity contribution is 7.99. The van der Waals surface area contributed by atoms with E-state index >= 15 is 0 Å². The van der Waals surface area contributed by atoms with E-state index in [0.717, 1.165) is 24.9 Å². The van der Waals surface area contributed by atoms with E-state index in [9.17, 15) is 9.18 Å². The predicted molar refractivity (Wildman–Crippen MR) is 122 cm³/mol. The fourth-order valence-electron chi connectivity index (χ4n) is 4.14. The first-order valence-corrected chi connectivity index (χ1v) is 11.8. The smallest absolute Gasteiger partial charge is 0.233 e. The Kier molecular flexibility index (Phi) is 7.09. The van der Waals surface area contributed by atoms with Gasteiger partial charge in [0, 0.05) is 17.8 Å². The molecule has 0 radical (unpaired) electrons. The second kappa shape index (κ2) is 10.2. The van der Waals surface area contributed by atoms with Crippen LogP contribution in [-0.4, -0.2) is 43.4 Å². The molecule has 1 aliphatic rings. The number of benzene rings is 2. The van der Waals surface area contributed by atoms with E-state index < -0.39 is 5.82 Å². The number of hydrogen-bond donors (Lipinski definition) is 0. The van der Waals surface area contributed by atoms with Crippen LogP contribution < -0.4 is 4.74 Å². The van der Waals surface area contributed by atoms with Gasteiger partial charge in [0.05, 0.1) is 5.75 Å². The minimum absolute atomic E-state index is 0.0531. The van der Waals surface area contributed by atoms with Crippen LogP contribution in [0, 0.1) is 5.82 Å². The average Bonchev–Trinajstić information content (AvgIpc) is 3.20. The highest BCUT2D eigenvalue weighted by Gasteiger charge is 2.29. The number of piperidine rings is 1. The monoisotopic (exact) mass is 454 g/mol. The van der Waals surface area contributed by atoms with E-state index in [1.807, 2.05) is 39.8 Å². The van der Waals surface area contributed by atoms with Crippen molar-refractivity contribution in [2.45, 2.75) is 57.0 Å². The average molecular weight is 455 g/mol. The second-order valence-electron chi connectivity index (χ2n) is 8.01. The van der Waals surface area contributed by atoms with Crippen molar-refractivity contribution in [3.05, 3.63) is 66.2 Å². The van der Waals surface area contributed by atoms with Crippen molar-refractivity contribution in [3.63, 3.8) is 0 Å². The van der Waals surface area contributed by atoms with Crippen molar-refractivity contribution in [1.29, 1.82) is 0 Å². The molecule has 8 heteroatoms. The molecule has 168 valence electrons. The number of aromatic nitrogens is 3. The Labute approximate surface area is 191 Å².